The Hall–Kier alpha value is -0.930. The van der Waals surface area contributed by atoms with E-state index in [9.17, 15) is 12.8 Å². The Labute approximate surface area is 160 Å². The molecule has 6 nitrogen and oxygen atoms in total. The molecule has 0 radical (unpaired) electrons. The van der Waals surface area contributed by atoms with E-state index in [4.69, 9.17) is 15.2 Å². The average molecular weight is 409 g/mol. The lowest BCUT2D eigenvalue weighted by Gasteiger charge is -2.33. The number of benzene rings is 1. The minimum atomic E-state index is -3.76. The standard InChI is InChI=1S/C17H25FN2O4S.ClH/c18-16-9-15(4-5-17(16)24-12-13-6-8-23-11-13)25(21,22)20-7-2-1-3-14(20)10-19;/h4-5,9,13-14H,1-3,6-8,10-12,19H2;1H. The Morgan fingerprint density at radius 2 is 2.12 bits per heavy atom. The van der Waals surface area contributed by atoms with Gasteiger partial charge in [-0.1, -0.05) is 6.42 Å². The van der Waals surface area contributed by atoms with E-state index in [1.807, 2.05) is 0 Å². The van der Waals surface area contributed by atoms with E-state index < -0.39 is 15.8 Å². The normalized spacial score (nSPS) is 24.2. The summed E-state index contributed by atoms with van der Waals surface area (Å²) in [5.41, 5.74) is 5.71. The molecule has 1 aromatic carbocycles. The maximum Gasteiger partial charge on any atom is 0.243 e. The van der Waals surface area contributed by atoms with Gasteiger partial charge in [-0.25, -0.2) is 12.8 Å². The van der Waals surface area contributed by atoms with Crippen LogP contribution in [0.5, 0.6) is 5.75 Å². The smallest absolute Gasteiger partial charge is 0.243 e. The first-order valence-corrected chi connectivity index (χ1v) is 10.2. The predicted octanol–water partition coefficient (Wildman–Crippen LogP) is 2.16. The quantitative estimate of drug-likeness (QED) is 0.780. The number of halogens is 2. The van der Waals surface area contributed by atoms with Gasteiger partial charge in [-0.2, -0.15) is 4.31 Å². The molecule has 0 aromatic heterocycles. The van der Waals surface area contributed by atoms with E-state index in [0.29, 0.717) is 26.4 Å². The fourth-order valence-electron chi connectivity index (χ4n) is 3.34. The Morgan fingerprint density at radius 3 is 2.77 bits per heavy atom. The van der Waals surface area contributed by atoms with Crippen LogP contribution in [0.1, 0.15) is 25.7 Å². The van der Waals surface area contributed by atoms with Gasteiger partial charge < -0.3 is 15.2 Å². The largest absolute Gasteiger partial charge is 0.490 e. The summed E-state index contributed by atoms with van der Waals surface area (Å²) in [6.07, 6.45) is 3.38. The molecule has 2 heterocycles. The number of nitrogens with zero attached hydrogens (tertiary/aromatic N) is 1. The zero-order valence-electron chi connectivity index (χ0n) is 14.6. The number of piperidine rings is 1. The van der Waals surface area contributed by atoms with Crippen molar-refractivity contribution in [3.63, 3.8) is 0 Å². The number of ether oxygens (including phenoxy) is 2. The van der Waals surface area contributed by atoms with Crippen LogP contribution in [0.2, 0.25) is 0 Å². The minimum Gasteiger partial charge on any atom is -0.490 e. The zero-order valence-corrected chi connectivity index (χ0v) is 16.2. The molecular formula is C17H26ClFN2O4S. The van der Waals surface area contributed by atoms with Crippen molar-refractivity contribution in [1.82, 2.24) is 4.31 Å². The van der Waals surface area contributed by atoms with Crippen LogP contribution in [0.25, 0.3) is 0 Å². The van der Waals surface area contributed by atoms with Crippen LogP contribution in [0, 0.1) is 11.7 Å². The third kappa shape index (κ3) is 4.67. The van der Waals surface area contributed by atoms with Crippen molar-refractivity contribution in [3.05, 3.63) is 24.0 Å². The summed E-state index contributed by atoms with van der Waals surface area (Å²) in [7, 11) is -3.76. The van der Waals surface area contributed by atoms with Crippen molar-refractivity contribution in [2.24, 2.45) is 11.7 Å². The molecule has 0 aliphatic carbocycles. The SMILES string of the molecule is Cl.NCC1CCCCN1S(=O)(=O)c1ccc(OCC2CCOC2)c(F)c1. The van der Waals surface area contributed by atoms with Crippen LogP contribution in [0.3, 0.4) is 0 Å². The molecular weight excluding hydrogens is 383 g/mol. The summed E-state index contributed by atoms with van der Waals surface area (Å²) in [4.78, 5) is -0.0538. The summed E-state index contributed by atoms with van der Waals surface area (Å²) in [5, 5.41) is 0. The topological polar surface area (TPSA) is 81.9 Å². The van der Waals surface area contributed by atoms with E-state index in [2.05, 4.69) is 0 Å². The van der Waals surface area contributed by atoms with E-state index in [1.165, 1.54) is 16.4 Å². The molecule has 2 N–H and O–H groups in total. The highest BCUT2D eigenvalue weighted by atomic mass is 35.5. The van der Waals surface area contributed by atoms with Crippen molar-refractivity contribution in [2.45, 2.75) is 36.6 Å². The fraction of sp³-hybridized carbons (Fsp3) is 0.647. The van der Waals surface area contributed by atoms with Gasteiger partial charge in [-0.15, -0.1) is 12.4 Å². The van der Waals surface area contributed by atoms with Gasteiger partial charge in [0.15, 0.2) is 11.6 Å². The molecule has 1 aromatic rings. The summed E-state index contributed by atoms with van der Waals surface area (Å²) < 4.78 is 52.2. The monoisotopic (exact) mass is 408 g/mol. The number of hydrogen-bond donors (Lipinski definition) is 1. The number of sulfonamides is 1. The third-order valence-corrected chi connectivity index (χ3v) is 6.80. The minimum absolute atomic E-state index is 0. The summed E-state index contributed by atoms with van der Waals surface area (Å²) in [6.45, 7) is 2.37. The summed E-state index contributed by atoms with van der Waals surface area (Å²) >= 11 is 0. The van der Waals surface area contributed by atoms with Gasteiger partial charge in [0.25, 0.3) is 0 Å². The Bertz CT molecular complexity index is 698. The molecule has 0 amide bonds. The molecule has 148 valence electrons. The molecule has 3 rings (SSSR count). The lowest BCUT2D eigenvalue weighted by atomic mass is 10.1. The van der Waals surface area contributed by atoms with Crippen LogP contribution in [-0.2, 0) is 14.8 Å². The average Bonchev–Trinajstić information content (AvgIpc) is 3.14. The number of hydrogen-bond acceptors (Lipinski definition) is 5. The summed E-state index contributed by atoms with van der Waals surface area (Å²) in [6, 6.07) is 3.61. The van der Waals surface area contributed by atoms with E-state index >= 15 is 0 Å². The fourth-order valence-corrected chi connectivity index (χ4v) is 5.06. The van der Waals surface area contributed by atoms with Crippen molar-refractivity contribution in [3.8, 4) is 5.75 Å². The van der Waals surface area contributed by atoms with Crippen LogP contribution in [0.4, 0.5) is 4.39 Å². The van der Waals surface area contributed by atoms with Crippen molar-refractivity contribution in [1.29, 1.82) is 0 Å². The first-order valence-electron chi connectivity index (χ1n) is 8.74. The zero-order chi connectivity index (χ0) is 17.9. The molecule has 2 aliphatic heterocycles. The van der Waals surface area contributed by atoms with Crippen molar-refractivity contribution < 1.29 is 22.3 Å². The van der Waals surface area contributed by atoms with Crippen molar-refractivity contribution in [2.75, 3.05) is 32.9 Å². The van der Waals surface area contributed by atoms with Gasteiger partial charge in [0.05, 0.1) is 18.1 Å². The van der Waals surface area contributed by atoms with E-state index in [0.717, 1.165) is 31.7 Å². The second kappa shape index (κ2) is 9.32. The molecule has 2 aliphatic rings. The molecule has 2 atom stereocenters. The lowest BCUT2D eigenvalue weighted by Crippen LogP contribution is -2.47. The Kier molecular flexibility index (Phi) is 7.66. The van der Waals surface area contributed by atoms with E-state index in [1.54, 1.807) is 0 Å². The molecule has 26 heavy (non-hydrogen) atoms. The first-order chi connectivity index (χ1) is 12.0. The summed E-state index contributed by atoms with van der Waals surface area (Å²) in [5.74, 6) is -0.345. The van der Waals surface area contributed by atoms with Gasteiger partial charge in [0.2, 0.25) is 10.0 Å². The highest BCUT2D eigenvalue weighted by Gasteiger charge is 2.33. The van der Waals surface area contributed by atoms with Gasteiger partial charge in [-0.05, 0) is 37.5 Å². The molecule has 0 bridgehead atoms. The number of rotatable bonds is 6. The van der Waals surface area contributed by atoms with Crippen molar-refractivity contribution >= 4 is 22.4 Å². The van der Waals surface area contributed by atoms with Gasteiger partial charge in [-0.3, -0.25) is 0 Å². The second-order valence-corrected chi connectivity index (χ2v) is 8.52. The second-order valence-electron chi connectivity index (χ2n) is 6.63. The third-order valence-electron chi connectivity index (χ3n) is 4.85. The maximum atomic E-state index is 14.3. The van der Waals surface area contributed by atoms with Crippen LogP contribution in [0.15, 0.2) is 23.1 Å². The van der Waals surface area contributed by atoms with Crippen LogP contribution in [-0.4, -0.2) is 51.7 Å². The number of nitrogens with two attached hydrogens (primary N) is 1. The highest BCUT2D eigenvalue weighted by molar-refractivity contribution is 7.89. The predicted molar refractivity (Wildman–Crippen MR) is 98.7 cm³/mol. The molecule has 2 saturated heterocycles. The molecule has 0 spiro atoms. The van der Waals surface area contributed by atoms with Crippen LogP contribution >= 0.6 is 12.4 Å². The molecule has 0 saturated carbocycles. The van der Waals surface area contributed by atoms with Gasteiger partial charge in [0, 0.05) is 31.7 Å². The molecule has 9 heteroatoms. The highest BCUT2D eigenvalue weighted by Crippen LogP contribution is 2.28. The lowest BCUT2D eigenvalue weighted by molar-refractivity contribution is 0.165. The van der Waals surface area contributed by atoms with Gasteiger partial charge in [0.1, 0.15) is 0 Å². The maximum absolute atomic E-state index is 14.3. The van der Waals surface area contributed by atoms with Crippen LogP contribution < -0.4 is 10.5 Å². The molecule has 2 fully saturated rings. The molecule has 2 unspecified atom stereocenters. The van der Waals surface area contributed by atoms with Gasteiger partial charge >= 0.3 is 0 Å². The Balaban J connectivity index is 0.00000243. The Morgan fingerprint density at radius 1 is 1.31 bits per heavy atom. The van der Waals surface area contributed by atoms with E-state index in [-0.39, 0.29) is 41.6 Å². The first kappa shape index (κ1) is 21.4.